The van der Waals surface area contributed by atoms with Crippen LogP contribution >= 0.6 is 0 Å². The van der Waals surface area contributed by atoms with Gasteiger partial charge in [0, 0.05) is 37.1 Å². The van der Waals surface area contributed by atoms with Crippen LogP contribution in [-0.4, -0.2) is 39.7 Å². The van der Waals surface area contributed by atoms with E-state index in [1.54, 1.807) is 35.5 Å². The average Bonchev–Trinajstić information content (AvgIpc) is 3.17. The van der Waals surface area contributed by atoms with Crippen LogP contribution in [0.25, 0.3) is 5.69 Å². The molecule has 0 bridgehead atoms. The van der Waals surface area contributed by atoms with Crippen LogP contribution in [0.1, 0.15) is 23.2 Å². The number of carbonyl (C=O) groups excluding carboxylic acids is 1. The zero-order valence-corrected chi connectivity index (χ0v) is 11.6. The first-order chi connectivity index (χ1) is 10.2. The highest BCUT2D eigenvalue weighted by Crippen LogP contribution is 2.21. The summed E-state index contributed by atoms with van der Waals surface area (Å²) in [5.74, 6) is -0.623. The number of rotatable bonds is 3. The highest BCUT2D eigenvalue weighted by atomic mass is 19.1. The zero-order valence-electron chi connectivity index (χ0n) is 11.6. The van der Waals surface area contributed by atoms with Crippen molar-refractivity contribution in [2.24, 2.45) is 5.73 Å². The lowest BCUT2D eigenvalue weighted by Gasteiger charge is -2.23. The summed E-state index contributed by atoms with van der Waals surface area (Å²) in [6, 6.07) is 6.25. The average molecular weight is 288 g/mol. The van der Waals surface area contributed by atoms with Crippen molar-refractivity contribution >= 4 is 5.91 Å². The number of benzene rings is 1. The molecule has 2 aromatic rings. The van der Waals surface area contributed by atoms with Gasteiger partial charge in [0.2, 0.25) is 0 Å². The number of aromatic nitrogens is 2. The van der Waals surface area contributed by atoms with Gasteiger partial charge in [-0.05, 0) is 37.1 Å². The third kappa shape index (κ3) is 2.54. The van der Waals surface area contributed by atoms with Gasteiger partial charge in [-0.1, -0.05) is 0 Å². The first-order valence-corrected chi connectivity index (χ1v) is 7.01. The molecule has 1 aromatic heterocycles. The summed E-state index contributed by atoms with van der Waals surface area (Å²) >= 11 is 0. The third-order valence-electron chi connectivity index (χ3n) is 3.86. The Morgan fingerprint density at radius 2 is 2.33 bits per heavy atom. The standard InChI is InChI=1S/C15H17FN4O/c16-13-9-11(4-5-14(13)20-8-2-6-18-20)15(21)19-7-1-3-12(19)10-17/h2,4-6,8-9,12H,1,3,7,10,17H2/t12-/m1/s1. The van der Waals surface area contributed by atoms with Crippen molar-refractivity contribution in [3.05, 3.63) is 48.0 Å². The quantitative estimate of drug-likeness (QED) is 0.932. The minimum Gasteiger partial charge on any atom is -0.334 e. The molecule has 3 rings (SSSR count). The Kier molecular flexibility index (Phi) is 3.70. The Hall–Kier alpha value is -2.21. The van der Waals surface area contributed by atoms with Crippen molar-refractivity contribution in [2.45, 2.75) is 18.9 Å². The number of hydrogen-bond donors (Lipinski definition) is 1. The molecule has 1 aromatic carbocycles. The van der Waals surface area contributed by atoms with Crippen molar-refractivity contribution in [3.63, 3.8) is 0 Å². The molecule has 0 saturated carbocycles. The van der Waals surface area contributed by atoms with Crippen molar-refractivity contribution < 1.29 is 9.18 Å². The molecule has 0 spiro atoms. The second-order valence-corrected chi connectivity index (χ2v) is 5.15. The van der Waals surface area contributed by atoms with Gasteiger partial charge in [-0.2, -0.15) is 5.10 Å². The van der Waals surface area contributed by atoms with Crippen molar-refractivity contribution in [2.75, 3.05) is 13.1 Å². The van der Waals surface area contributed by atoms with E-state index in [4.69, 9.17) is 5.73 Å². The van der Waals surface area contributed by atoms with Crippen LogP contribution in [0.2, 0.25) is 0 Å². The molecule has 0 aliphatic carbocycles. The lowest BCUT2D eigenvalue weighted by atomic mass is 10.1. The number of carbonyl (C=O) groups is 1. The Morgan fingerprint density at radius 3 is 3.00 bits per heavy atom. The van der Waals surface area contributed by atoms with Crippen LogP contribution in [0.15, 0.2) is 36.7 Å². The van der Waals surface area contributed by atoms with Gasteiger partial charge in [-0.25, -0.2) is 9.07 Å². The molecular weight excluding hydrogens is 271 g/mol. The lowest BCUT2D eigenvalue weighted by Crippen LogP contribution is -2.39. The molecular formula is C15H17FN4O. The molecule has 1 saturated heterocycles. The van der Waals surface area contributed by atoms with Gasteiger partial charge in [0.25, 0.3) is 5.91 Å². The van der Waals surface area contributed by atoms with E-state index in [9.17, 15) is 9.18 Å². The van der Waals surface area contributed by atoms with Crippen LogP contribution in [-0.2, 0) is 0 Å². The number of hydrogen-bond acceptors (Lipinski definition) is 3. The van der Waals surface area contributed by atoms with Gasteiger partial charge >= 0.3 is 0 Å². The number of halogens is 1. The molecule has 21 heavy (non-hydrogen) atoms. The van der Waals surface area contributed by atoms with Gasteiger partial charge < -0.3 is 10.6 Å². The monoisotopic (exact) mass is 288 g/mol. The highest BCUT2D eigenvalue weighted by Gasteiger charge is 2.28. The van der Waals surface area contributed by atoms with E-state index in [-0.39, 0.29) is 11.9 Å². The fraction of sp³-hybridized carbons (Fsp3) is 0.333. The minimum atomic E-state index is -0.465. The van der Waals surface area contributed by atoms with Gasteiger partial charge in [-0.15, -0.1) is 0 Å². The molecule has 110 valence electrons. The van der Waals surface area contributed by atoms with Crippen molar-refractivity contribution in [3.8, 4) is 5.69 Å². The van der Waals surface area contributed by atoms with E-state index in [0.29, 0.717) is 24.3 Å². The maximum absolute atomic E-state index is 14.2. The van der Waals surface area contributed by atoms with E-state index >= 15 is 0 Å². The summed E-state index contributed by atoms with van der Waals surface area (Å²) in [7, 11) is 0. The molecule has 1 aliphatic rings. The van der Waals surface area contributed by atoms with Crippen LogP contribution in [0.4, 0.5) is 4.39 Å². The van der Waals surface area contributed by atoms with E-state index < -0.39 is 5.82 Å². The summed E-state index contributed by atoms with van der Waals surface area (Å²) in [6.45, 7) is 1.13. The third-order valence-corrected chi connectivity index (χ3v) is 3.86. The second-order valence-electron chi connectivity index (χ2n) is 5.15. The van der Waals surface area contributed by atoms with Gasteiger partial charge in [-0.3, -0.25) is 4.79 Å². The number of nitrogens with zero attached hydrogens (tertiary/aromatic N) is 3. The molecule has 2 N–H and O–H groups in total. The van der Waals surface area contributed by atoms with Crippen LogP contribution in [0.3, 0.4) is 0 Å². The molecule has 1 amide bonds. The fourth-order valence-electron chi connectivity index (χ4n) is 2.75. The maximum Gasteiger partial charge on any atom is 0.254 e. The summed E-state index contributed by atoms with van der Waals surface area (Å²) < 4.78 is 15.6. The second kappa shape index (κ2) is 5.65. The molecule has 2 heterocycles. The topological polar surface area (TPSA) is 64.2 Å². The molecule has 0 radical (unpaired) electrons. The Labute approximate surface area is 122 Å². The summed E-state index contributed by atoms with van der Waals surface area (Å²) in [5.41, 5.74) is 6.36. The lowest BCUT2D eigenvalue weighted by molar-refractivity contribution is 0.0740. The first-order valence-electron chi connectivity index (χ1n) is 7.01. The fourth-order valence-corrected chi connectivity index (χ4v) is 2.75. The van der Waals surface area contributed by atoms with Crippen LogP contribution in [0.5, 0.6) is 0 Å². The molecule has 0 unspecified atom stereocenters. The van der Waals surface area contributed by atoms with Gasteiger partial charge in [0.15, 0.2) is 0 Å². The molecule has 1 aliphatic heterocycles. The van der Waals surface area contributed by atoms with E-state index in [0.717, 1.165) is 12.8 Å². The Morgan fingerprint density at radius 1 is 1.48 bits per heavy atom. The number of amides is 1. The minimum absolute atomic E-state index is 0.0614. The highest BCUT2D eigenvalue weighted by molar-refractivity contribution is 5.94. The summed E-state index contributed by atoms with van der Waals surface area (Å²) in [4.78, 5) is 14.2. The van der Waals surface area contributed by atoms with Crippen LogP contribution in [0, 0.1) is 5.82 Å². The predicted octanol–water partition coefficient (Wildman–Crippen LogP) is 1.57. The van der Waals surface area contributed by atoms with E-state index in [1.807, 2.05) is 0 Å². The number of nitrogens with two attached hydrogens (primary N) is 1. The summed E-state index contributed by atoms with van der Waals surface area (Å²) in [5, 5.41) is 3.99. The van der Waals surface area contributed by atoms with Crippen molar-refractivity contribution in [1.29, 1.82) is 0 Å². The zero-order chi connectivity index (χ0) is 14.8. The van der Waals surface area contributed by atoms with E-state index in [1.165, 1.54) is 10.7 Å². The van der Waals surface area contributed by atoms with E-state index in [2.05, 4.69) is 5.10 Å². The smallest absolute Gasteiger partial charge is 0.254 e. The summed E-state index contributed by atoms with van der Waals surface area (Å²) in [6.07, 6.45) is 5.09. The Balaban J connectivity index is 1.87. The SMILES string of the molecule is NC[C@H]1CCCN1C(=O)c1ccc(-n2cccn2)c(F)c1. The van der Waals surface area contributed by atoms with Crippen LogP contribution < -0.4 is 5.73 Å². The predicted molar refractivity (Wildman–Crippen MR) is 76.6 cm³/mol. The van der Waals surface area contributed by atoms with Gasteiger partial charge in [0.05, 0.1) is 0 Å². The first kappa shape index (κ1) is 13.8. The molecule has 5 nitrogen and oxygen atoms in total. The Bertz CT molecular complexity index is 641. The van der Waals surface area contributed by atoms with Crippen molar-refractivity contribution in [1.82, 2.24) is 14.7 Å². The molecule has 6 heteroatoms. The largest absolute Gasteiger partial charge is 0.334 e. The maximum atomic E-state index is 14.2. The number of likely N-dealkylation sites (tertiary alicyclic amines) is 1. The molecule has 1 atom stereocenters. The normalized spacial score (nSPS) is 18.2. The molecule has 1 fully saturated rings. The van der Waals surface area contributed by atoms with Gasteiger partial charge in [0.1, 0.15) is 11.5 Å².